The molecule has 1 spiro atoms. The third-order valence-corrected chi connectivity index (χ3v) is 11.5. The quantitative estimate of drug-likeness (QED) is 0.340. The summed E-state index contributed by atoms with van der Waals surface area (Å²) in [5.74, 6) is 3.10. The molecule has 0 aromatic heterocycles. The lowest BCUT2D eigenvalue weighted by atomic mass is 9.74. The van der Waals surface area contributed by atoms with Gasteiger partial charge in [0.05, 0.1) is 6.04 Å². The van der Waals surface area contributed by atoms with Crippen LogP contribution in [0.4, 0.5) is 4.39 Å². The summed E-state index contributed by atoms with van der Waals surface area (Å²) in [5.41, 5.74) is 5.64. The van der Waals surface area contributed by atoms with E-state index in [-0.39, 0.29) is 34.8 Å². The van der Waals surface area contributed by atoms with Crippen molar-refractivity contribution < 1.29 is 9.18 Å². The van der Waals surface area contributed by atoms with Crippen LogP contribution in [0.2, 0.25) is 0 Å². The van der Waals surface area contributed by atoms with E-state index >= 15 is 4.39 Å². The van der Waals surface area contributed by atoms with Gasteiger partial charge in [0.15, 0.2) is 0 Å². The first-order valence-electron chi connectivity index (χ1n) is 16.7. The van der Waals surface area contributed by atoms with Gasteiger partial charge >= 0.3 is 0 Å². The van der Waals surface area contributed by atoms with Crippen LogP contribution in [0.15, 0.2) is 59.9 Å². The highest BCUT2D eigenvalue weighted by Crippen LogP contribution is 2.60. The van der Waals surface area contributed by atoms with Crippen molar-refractivity contribution in [3.8, 4) is 0 Å². The molecule has 4 fully saturated rings. The van der Waals surface area contributed by atoms with Crippen LogP contribution in [0, 0.1) is 28.5 Å². The Balaban J connectivity index is 1.25. The van der Waals surface area contributed by atoms with Gasteiger partial charge in [-0.05, 0) is 104 Å². The fourth-order valence-electron chi connectivity index (χ4n) is 8.75. The monoisotopic (exact) mass is 579 g/mol. The molecule has 5 heteroatoms. The van der Waals surface area contributed by atoms with E-state index < -0.39 is 0 Å². The van der Waals surface area contributed by atoms with Crippen LogP contribution in [0.3, 0.4) is 0 Å². The number of fused-ring (bicyclic) bond motifs is 4. The predicted octanol–water partition coefficient (Wildman–Crippen LogP) is 8.62. The van der Waals surface area contributed by atoms with E-state index in [1.165, 1.54) is 36.8 Å². The maximum Gasteiger partial charge on any atom is 0.275 e. The summed E-state index contributed by atoms with van der Waals surface area (Å²) >= 11 is 0. The number of benzene rings is 2. The highest BCUT2D eigenvalue weighted by atomic mass is 19.1. The fourth-order valence-corrected chi connectivity index (χ4v) is 8.75. The number of nitrogens with zero attached hydrogens (tertiary/aromatic N) is 2. The smallest absolute Gasteiger partial charge is 0.275 e. The van der Waals surface area contributed by atoms with Gasteiger partial charge in [0.1, 0.15) is 17.3 Å². The molecule has 5 unspecified atom stereocenters. The minimum Gasteiger partial charge on any atom is -0.348 e. The van der Waals surface area contributed by atoms with Crippen molar-refractivity contribution in [2.45, 2.75) is 96.4 Å². The third-order valence-electron chi connectivity index (χ3n) is 11.5. The van der Waals surface area contributed by atoms with Crippen LogP contribution in [0.1, 0.15) is 113 Å². The Morgan fingerprint density at radius 2 is 1.81 bits per heavy atom. The van der Waals surface area contributed by atoms with Crippen molar-refractivity contribution in [2.75, 3.05) is 13.1 Å². The maximum atomic E-state index is 15.2. The molecule has 5 atom stereocenters. The van der Waals surface area contributed by atoms with Gasteiger partial charge < -0.3 is 4.90 Å². The highest BCUT2D eigenvalue weighted by Gasteiger charge is 2.56. The average molecular weight is 580 g/mol. The lowest BCUT2D eigenvalue weighted by Gasteiger charge is -2.44. The van der Waals surface area contributed by atoms with Crippen molar-refractivity contribution in [2.24, 2.45) is 17.3 Å². The molecule has 3 aliphatic carbocycles. The molecule has 2 aromatic rings. The van der Waals surface area contributed by atoms with Gasteiger partial charge in [0.25, 0.3) is 5.91 Å². The molecular formula is C38H46FN3O. The lowest BCUT2D eigenvalue weighted by molar-refractivity contribution is -0.125. The summed E-state index contributed by atoms with van der Waals surface area (Å²) in [5, 5.41) is 9.16. The molecule has 5 aliphatic rings. The molecule has 1 saturated heterocycles. The molecule has 3 saturated carbocycles. The third kappa shape index (κ3) is 4.97. The Labute approximate surface area is 256 Å². The number of nitrogens with one attached hydrogen (secondary N) is 1. The highest BCUT2D eigenvalue weighted by molar-refractivity contribution is 6.40. The van der Waals surface area contributed by atoms with Crippen molar-refractivity contribution in [1.29, 1.82) is 5.41 Å². The number of hydrogen-bond donors (Lipinski definition) is 1. The number of carbonyl (C=O) groups is 1. The predicted molar refractivity (Wildman–Crippen MR) is 171 cm³/mol. The van der Waals surface area contributed by atoms with Crippen LogP contribution in [-0.4, -0.2) is 40.6 Å². The Bertz CT molecular complexity index is 1500. The summed E-state index contributed by atoms with van der Waals surface area (Å²) in [6.07, 6.45) is 12.4. The normalized spacial score (nSPS) is 29.2. The van der Waals surface area contributed by atoms with E-state index in [1.807, 2.05) is 24.0 Å². The molecule has 0 radical (unpaired) electrons. The zero-order valence-corrected chi connectivity index (χ0v) is 26.2. The summed E-state index contributed by atoms with van der Waals surface area (Å²) < 4.78 is 15.2. The van der Waals surface area contributed by atoms with Gasteiger partial charge in [0, 0.05) is 24.4 Å². The van der Waals surface area contributed by atoms with E-state index in [0.29, 0.717) is 30.7 Å². The summed E-state index contributed by atoms with van der Waals surface area (Å²) in [7, 11) is 0. The molecular weight excluding hydrogens is 533 g/mol. The van der Waals surface area contributed by atoms with Crippen LogP contribution >= 0.6 is 0 Å². The molecule has 1 amide bonds. The fraction of sp³-hybridized carbons (Fsp3) is 0.526. The van der Waals surface area contributed by atoms with Crippen LogP contribution < -0.4 is 0 Å². The zero-order chi connectivity index (χ0) is 30.0. The second-order valence-corrected chi connectivity index (χ2v) is 14.4. The molecule has 226 valence electrons. The van der Waals surface area contributed by atoms with Crippen LogP contribution in [-0.2, 0) is 4.79 Å². The first-order chi connectivity index (χ1) is 20.7. The molecule has 43 heavy (non-hydrogen) atoms. The summed E-state index contributed by atoms with van der Waals surface area (Å²) in [6, 6.07) is 14.2. The summed E-state index contributed by atoms with van der Waals surface area (Å²) in [6.45, 7) is 10.1. The second-order valence-electron chi connectivity index (χ2n) is 14.4. The van der Waals surface area contributed by atoms with Gasteiger partial charge in [-0.15, -0.1) is 0 Å². The molecule has 2 aliphatic heterocycles. The lowest BCUT2D eigenvalue weighted by Crippen LogP contribution is -2.57. The molecule has 7 rings (SSSR count). The minimum absolute atomic E-state index is 0.0611. The average Bonchev–Trinajstić information content (AvgIpc) is 3.48. The zero-order valence-electron chi connectivity index (χ0n) is 26.2. The van der Waals surface area contributed by atoms with Crippen molar-refractivity contribution in [3.63, 3.8) is 0 Å². The van der Waals surface area contributed by atoms with E-state index in [2.05, 4.69) is 62.1 Å². The first-order valence-corrected chi connectivity index (χ1v) is 16.7. The van der Waals surface area contributed by atoms with Gasteiger partial charge in [0.2, 0.25) is 0 Å². The molecule has 1 N–H and O–H groups in total. The van der Waals surface area contributed by atoms with Gasteiger partial charge in [-0.1, -0.05) is 75.2 Å². The molecule has 2 bridgehead atoms. The number of amides is 1. The van der Waals surface area contributed by atoms with Gasteiger partial charge in [-0.3, -0.25) is 15.1 Å². The standard InChI is InChI=1S/C38H46FN3O/c1-5-41-35-21-38(20-26-6-14-31(38)17-26)22-42(35)34(36(40)37(41)43)19-30(24(4)28-10-8-27(9-11-28)23(2)3)16-25-7-15-32(29-12-13-29)33(39)18-25/h7-11,15-16,18,21,23-24,26,29,31,34,40H,5-6,12-14,17,19-20,22H2,1-4H3. The topological polar surface area (TPSA) is 47.4 Å². The van der Waals surface area contributed by atoms with Crippen LogP contribution in [0.25, 0.3) is 6.08 Å². The number of halogens is 1. The van der Waals surface area contributed by atoms with Gasteiger partial charge in [-0.2, -0.15) is 0 Å². The Kier molecular flexibility index (Phi) is 7.14. The molecule has 4 nitrogen and oxygen atoms in total. The van der Waals surface area contributed by atoms with Gasteiger partial charge in [-0.25, -0.2) is 4.39 Å². The molecule has 2 aromatic carbocycles. The van der Waals surface area contributed by atoms with Crippen molar-refractivity contribution >= 4 is 17.7 Å². The Hall–Kier alpha value is -3.21. The van der Waals surface area contributed by atoms with E-state index in [9.17, 15) is 4.79 Å². The van der Waals surface area contributed by atoms with Crippen LogP contribution in [0.5, 0.6) is 0 Å². The molecule has 2 heterocycles. The number of rotatable bonds is 8. The maximum absolute atomic E-state index is 15.2. The minimum atomic E-state index is -0.320. The largest absolute Gasteiger partial charge is 0.348 e. The van der Waals surface area contributed by atoms with E-state index in [4.69, 9.17) is 5.41 Å². The number of hydrogen-bond acceptors (Lipinski definition) is 3. The first kappa shape index (κ1) is 28.6. The number of carbonyl (C=O) groups excluding carboxylic acids is 1. The van der Waals surface area contributed by atoms with Crippen molar-refractivity contribution in [1.82, 2.24) is 9.80 Å². The summed E-state index contributed by atoms with van der Waals surface area (Å²) in [4.78, 5) is 17.9. The van der Waals surface area contributed by atoms with E-state index in [0.717, 1.165) is 47.8 Å². The SMILES string of the molecule is CCN1C(=O)C(=N)C(CC(=Cc2ccc(C3CC3)c(F)c2)C(C)c2ccc(C(C)C)cc2)N2CC3(C=C12)CC1CCC3C1. The van der Waals surface area contributed by atoms with Crippen molar-refractivity contribution in [3.05, 3.63) is 88.0 Å². The Morgan fingerprint density at radius 1 is 1.07 bits per heavy atom. The second kappa shape index (κ2) is 10.7. The Morgan fingerprint density at radius 3 is 2.42 bits per heavy atom. The van der Waals surface area contributed by atoms with E-state index in [1.54, 1.807) is 6.07 Å².